The van der Waals surface area contributed by atoms with Crippen molar-refractivity contribution in [3.8, 4) is 0 Å². The van der Waals surface area contributed by atoms with Crippen LogP contribution in [0.2, 0.25) is 0 Å². The quantitative estimate of drug-likeness (QED) is 0.928. The molecule has 0 saturated carbocycles. The summed E-state index contributed by atoms with van der Waals surface area (Å²) in [5.41, 5.74) is 7.49. The maximum absolute atomic E-state index is 5.95. The van der Waals surface area contributed by atoms with E-state index in [0.29, 0.717) is 0 Å². The number of halogens is 1. The number of hydrogen-bond donors (Lipinski definition) is 1. The van der Waals surface area contributed by atoms with Crippen LogP contribution in [0.4, 0.5) is 0 Å². The Labute approximate surface area is 128 Å². The minimum atomic E-state index is 0. The Kier molecular flexibility index (Phi) is 6.46. The summed E-state index contributed by atoms with van der Waals surface area (Å²) < 4.78 is 5.72. The van der Waals surface area contributed by atoms with Gasteiger partial charge in [-0.05, 0) is 12.5 Å². The van der Waals surface area contributed by atoms with Crippen LogP contribution in [-0.4, -0.2) is 43.3 Å². The molecule has 1 fully saturated rings. The van der Waals surface area contributed by atoms with Crippen molar-refractivity contribution in [1.29, 1.82) is 0 Å². The maximum atomic E-state index is 5.95. The minimum absolute atomic E-state index is 0. The van der Waals surface area contributed by atoms with E-state index < -0.39 is 0 Å². The summed E-state index contributed by atoms with van der Waals surface area (Å²) >= 11 is 0. The molecule has 20 heavy (non-hydrogen) atoms. The van der Waals surface area contributed by atoms with E-state index in [0.717, 1.165) is 26.2 Å². The first kappa shape index (κ1) is 17.4. The third-order valence-corrected chi connectivity index (χ3v) is 3.94. The maximum Gasteiger partial charge on any atom is 0.0850 e. The molecule has 2 N–H and O–H groups in total. The molecule has 2 rings (SSSR count). The average molecular weight is 299 g/mol. The van der Waals surface area contributed by atoms with Gasteiger partial charge in [0.2, 0.25) is 0 Å². The number of hydrogen-bond acceptors (Lipinski definition) is 3. The Morgan fingerprint density at radius 3 is 2.60 bits per heavy atom. The Hall–Kier alpha value is -0.610. The number of morpholine rings is 1. The van der Waals surface area contributed by atoms with Crippen molar-refractivity contribution in [3.05, 3.63) is 35.9 Å². The Morgan fingerprint density at radius 1 is 1.35 bits per heavy atom. The lowest BCUT2D eigenvalue weighted by Gasteiger charge is -2.39. The van der Waals surface area contributed by atoms with Gasteiger partial charge in [-0.15, -0.1) is 12.4 Å². The molecule has 1 aliphatic rings. The van der Waals surface area contributed by atoms with Gasteiger partial charge in [-0.1, -0.05) is 44.2 Å². The fourth-order valence-electron chi connectivity index (χ4n) is 2.73. The van der Waals surface area contributed by atoms with Crippen LogP contribution >= 0.6 is 12.4 Å². The number of ether oxygens (including phenoxy) is 1. The smallest absolute Gasteiger partial charge is 0.0850 e. The van der Waals surface area contributed by atoms with Gasteiger partial charge in [0.25, 0.3) is 0 Å². The second-order valence-electron chi connectivity index (χ2n) is 6.25. The normalized spacial score (nSPS) is 22.1. The van der Waals surface area contributed by atoms with Crippen molar-refractivity contribution in [1.82, 2.24) is 4.90 Å². The van der Waals surface area contributed by atoms with Gasteiger partial charge >= 0.3 is 0 Å². The number of nitrogens with two attached hydrogens (primary N) is 1. The largest absolute Gasteiger partial charge is 0.374 e. The van der Waals surface area contributed by atoms with Crippen LogP contribution in [-0.2, 0) is 10.2 Å². The molecule has 0 radical (unpaired) electrons. The van der Waals surface area contributed by atoms with E-state index in [1.807, 2.05) is 6.92 Å². The van der Waals surface area contributed by atoms with E-state index in [1.54, 1.807) is 0 Å². The van der Waals surface area contributed by atoms with Gasteiger partial charge in [0.05, 0.1) is 12.7 Å². The first-order chi connectivity index (χ1) is 8.99. The molecule has 1 aromatic carbocycles. The Morgan fingerprint density at radius 2 is 2.00 bits per heavy atom. The molecule has 0 spiro atoms. The van der Waals surface area contributed by atoms with Gasteiger partial charge in [-0.25, -0.2) is 0 Å². The van der Waals surface area contributed by atoms with Gasteiger partial charge in [-0.3, -0.25) is 4.90 Å². The summed E-state index contributed by atoms with van der Waals surface area (Å²) in [5.74, 6) is 0. The molecule has 1 aromatic rings. The predicted molar refractivity (Wildman–Crippen MR) is 86.5 cm³/mol. The van der Waals surface area contributed by atoms with Gasteiger partial charge in [0.1, 0.15) is 0 Å². The van der Waals surface area contributed by atoms with Gasteiger partial charge in [-0.2, -0.15) is 0 Å². The average Bonchev–Trinajstić information content (AvgIpc) is 2.39. The third kappa shape index (κ3) is 4.45. The van der Waals surface area contributed by atoms with E-state index in [1.165, 1.54) is 5.56 Å². The fraction of sp³-hybridized carbons (Fsp3) is 0.625. The van der Waals surface area contributed by atoms with Crippen molar-refractivity contribution in [3.63, 3.8) is 0 Å². The first-order valence-electron chi connectivity index (χ1n) is 7.14. The topological polar surface area (TPSA) is 38.5 Å². The third-order valence-electron chi connectivity index (χ3n) is 3.94. The lowest BCUT2D eigenvalue weighted by Crippen LogP contribution is -2.52. The highest BCUT2D eigenvalue weighted by Crippen LogP contribution is 2.25. The minimum Gasteiger partial charge on any atom is -0.374 e. The predicted octanol–water partition coefficient (Wildman–Crippen LogP) is 2.43. The summed E-state index contributed by atoms with van der Waals surface area (Å²) in [7, 11) is 0. The van der Waals surface area contributed by atoms with Crippen LogP contribution < -0.4 is 5.73 Å². The van der Waals surface area contributed by atoms with Gasteiger partial charge in [0, 0.05) is 31.1 Å². The van der Waals surface area contributed by atoms with Crippen LogP contribution in [0.25, 0.3) is 0 Å². The summed E-state index contributed by atoms with van der Waals surface area (Å²) in [5, 5.41) is 0. The van der Waals surface area contributed by atoms with Crippen LogP contribution in [0, 0.1) is 0 Å². The summed E-state index contributed by atoms with van der Waals surface area (Å²) in [4.78, 5) is 2.48. The molecule has 1 heterocycles. The lowest BCUT2D eigenvalue weighted by molar-refractivity contribution is -0.0424. The molecule has 2 unspecified atom stereocenters. The molecule has 0 aliphatic carbocycles. The molecule has 1 saturated heterocycles. The van der Waals surface area contributed by atoms with Crippen LogP contribution in [0.15, 0.2) is 30.3 Å². The highest BCUT2D eigenvalue weighted by molar-refractivity contribution is 5.85. The second-order valence-corrected chi connectivity index (χ2v) is 6.25. The van der Waals surface area contributed by atoms with Crippen LogP contribution in [0.3, 0.4) is 0 Å². The Balaban J connectivity index is 0.00000200. The fourth-order valence-corrected chi connectivity index (χ4v) is 2.73. The summed E-state index contributed by atoms with van der Waals surface area (Å²) in [6, 6.07) is 10.8. The van der Waals surface area contributed by atoms with Crippen LogP contribution in [0.1, 0.15) is 26.3 Å². The standard InChI is InChI=1S/C16H26N2O.ClH/c1-13(17)15-11-18(9-10-19-15)12-16(2,3)14-7-5-4-6-8-14;/h4-8,13,15H,9-12,17H2,1-3H3;1H. The molecule has 1 aliphatic heterocycles. The van der Waals surface area contributed by atoms with E-state index >= 15 is 0 Å². The van der Waals surface area contributed by atoms with Gasteiger partial charge < -0.3 is 10.5 Å². The van der Waals surface area contributed by atoms with E-state index in [4.69, 9.17) is 10.5 Å². The van der Waals surface area contributed by atoms with Crippen molar-refractivity contribution in [2.24, 2.45) is 5.73 Å². The zero-order valence-corrected chi connectivity index (χ0v) is 13.5. The zero-order chi connectivity index (χ0) is 13.9. The van der Waals surface area contributed by atoms with Crippen molar-refractivity contribution >= 4 is 12.4 Å². The molecular weight excluding hydrogens is 272 g/mol. The van der Waals surface area contributed by atoms with Gasteiger partial charge in [0.15, 0.2) is 0 Å². The Bertz CT molecular complexity index is 395. The summed E-state index contributed by atoms with van der Waals surface area (Å²) in [6.45, 7) is 10.4. The second kappa shape index (κ2) is 7.41. The molecule has 0 amide bonds. The first-order valence-corrected chi connectivity index (χ1v) is 7.14. The molecule has 0 aromatic heterocycles. The van der Waals surface area contributed by atoms with Crippen molar-refractivity contribution in [2.45, 2.75) is 38.3 Å². The van der Waals surface area contributed by atoms with Crippen molar-refractivity contribution < 1.29 is 4.74 Å². The van der Waals surface area contributed by atoms with Crippen LogP contribution in [0.5, 0.6) is 0 Å². The summed E-state index contributed by atoms with van der Waals surface area (Å²) in [6.07, 6.45) is 0.167. The highest BCUT2D eigenvalue weighted by atomic mass is 35.5. The molecule has 2 atom stereocenters. The molecule has 3 nitrogen and oxygen atoms in total. The number of rotatable bonds is 4. The monoisotopic (exact) mass is 298 g/mol. The lowest BCUT2D eigenvalue weighted by atomic mass is 9.84. The van der Waals surface area contributed by atoms with E-state index in [2.05, 4.69) is 49.1 Å². The molecule has 114 valence electrons. The molecular formula is C16H27ClN2O. The number of benzene rings is 1. The van der Waals surface area contributed by atoms with Crippen molar-refractivity contribution in [2.75, 3.05) is 26.2 Å². The SMILES string of the molecule is CC(N)C1CN(CC(C)(C)c2ccccc2)CCO1.Cl. The highest BCUT2D eigenvalue weighted by Gasteiger charge is 2.29. The zero-order valence-electron chi connectivity index (χ0n) is 12.7. The molecule has 4 heteroatoms. The van der Waals surface area contributed by atoms with E-state index in [9.17, 15) is 0 Å². The number of nitrogens with zero attached hydrogens (tertiary/aromatic N) is 1. The molecule has 0 bridgehead atoms. The van der Waals surface area contributed by atoms with E-state index in [-0.39, 0.29) is 30.0 Å².